The molecule has 0 amide bonds. The third-order valence-corrected chi connectivity index (χ3v) is 2.98. The topological polar surface area (TPSA) is 32.3 Å². The molecule has 0 saturated carbocycles. The minimum absolute atomic E-state index is 0.142. The van der Waals surface area contributed by atoms with Crippen molar-refractivity contribution >= 4 is 0 Å². The minimum atomic E-state index is -0.142. The Labute approximate surface area is 103 Å². The number of benzene rings is 1. The summed E-state index contributed by atoms with van der Waals surface area (Å²) >= 11 is 0. The number of aliphatic hydroxyl groups excluding tert-OH is 1. The molecule has 0 aliphatic rings. The second-order valence-corrected chi connectivity index (χ2v) is 4.47. The molecule has 0 aliphatic carbocycles. The summed E-state index contributed by atoms with van der Waals surface area (Å²) in [5, 5.41) is 12.0. The third-order valence-electron chi connectivity index (χ3n) is 2.98. The zero-order chi connectivity index (χ0) is 12.7. The van der Waals surface area contributed by atoms with Crippen molar-refractivity contribution in [2.45, 2.75) is 39.2 Å². The van der Waals surface area contributed by atoms with E-state index in [4.69, 9.17) is 5.11 Å². The summed E-state index contributed by atoms with van der Waals surface area (Å²) in [6, 6.07) is 5.54. The van der Waals surface area contributed by atoms with Crippen LogP contribution < -0.4 is 5.32 Å². The number of unbranched alkanes of at least 4 members (excludes halogenated alkanes) is 2. The first kappa shape index (κ1) is 14.1. The Kier molecular flexibility index (Phi) is 6.16. The van der Waals surface area contributed by atoms with Crippen molar-refractivity contribution in [3.63, 3.8) is 0 Å². The van der Waals surface area contributed by atoms with Crippen LogP contribution in [0.1, 0.15) is 43.4 Å². The molecule has 0 spiro atoms. The summed E-state index contributed by atoms with van der Waals surface area (Å²) in [5.74, 6) is -0.142. The van der Waals surface area contributed by atoms with Crippen molar-refractivity contribution in [3.05, 3.63) is 35.1 Å². The molecule has 1 rings (SSSR count). The molecule has 0 aromatic heterocycles. The molecule has 1 aromatic carbocycles. The molecule has 0 saturated heterocycles. The highest BCUT2D eigenvalue weighted by Crippen LogP contribution is 2.16. The first-order chi connectivity index (χ1) is 8.15. The van der Waals surface area contributed by atoms with E-state index < -0.39 is 0 Å². The Balaban J connectivity index is 2.36. The quantitative estimate of drug-likeness (QED) is 0.717. The molecule has 0 radical (unpaired) electrons. The second-order valence-electron chi connectivity index (χ2n) is 4.47. The number of hydrogen-bond donors (Lipinski definition) is 2. The Morgan fingerprint density at radius 1 is 1.29 bits per heavy atom. The van der Waals surface area contributed by atoms with Crippen LogP contribution in [0.2, 0.25) is 0 Å². The van der Waals surface area contributed by atoms with Crippen LogP contribution in [0.15, 0.2) is 18.2 Å². The smallest absolute Gasteiger partial charge is 0.126 e. The van der Waals surface area contributed by atoms with Crippen LogP contribution in [-0.4, -0.2) is 18.3 Å². The van der Waals surface area contributed by atoms with Crippen LogP contribution in [0.25, 0.3) is 0 Å². The predicted octanol–water partition coefficient (Wildman–Crippen LogP) is 2.95. The first-order valence-electron chi connectivity index (χ1n) is 6.25. The van der Waals surface area contributed by atoms with E-state index in [2.05, 4.69) is 5.32 Å². The highest BCUT2D eigenvalue weighted by Gasteiger charge is 2.06. The molecule has 2 N–H and O–H groups in total. The predicted molar refractivity (Wildman–Crippen MR) is 68.5 cm³/mol. The molecular formula is C14H22FNO. The van der Waals surface area contributed by atoms with Crippen molar-refractivity contribution in [2.24, 2.45) is 0 Å². The van der Waals surface area contributed by atoms with Gasteiger partial charge in [-0.05, 0) is 56.8 Å². The van der Waals surface area contributed by atoms with Gasteiger partial charge in [0.15, 0.2) is 0 Å². The van der Waals surface area contributed by atoms with E-state index in [0.717, 1.165) is 31.4 Å². The van der Waals surface area contributed by atoms with E-state index in [1.165, 1.54) is 0 Å². The van der Waals surface area contributed by atoms with E-state index >= 15 is 0 Å². The number of hydrogen-bond acceptors (Lipinski definition) is 2. The molecule has 3 heteroatoms. The molecule has 0 bridgehead atoms. The summed E-state index contributed by atoms with van der Waals surface area (Å²) in [5.41, 5.74) is 1.67. The standard InChI is InChI=1S/C14H22FNO/c1-11-6-7-13(10-14(11)15)12(2)16-8-4-3-5-9-17/h6-7,10,12,16-17H,3-5,8-9H2,1-2H3. The van der Waals surface area contributed by atoms with E-state index in [1.807, 2.05) is 19.1 Å². The Morgan fingerprint density at radius 3 is 2.71 bits per heavy atom. The van der Waals surface area contributed by atoms with E-state index in [1.54, 1.807) is 13.0 Å². The Hall–Kier alpha value is -0.930. The first-order valence-corrected chi connectivity index (χ1v) is 6.25. The van der Waals surface area contributed by atoms with Gasteiger partial charge in [0.25, 0.3) is 0 Å². The van der Waals surface area contributed by atoms with Gasteiger partial charge in [-0.25, -0.2) is 4.39 Å². The molecule has 0 aliphatic heterocycles. The van der Waals surface area contributed by atoms with Crippen LogP contribution >= 0.6 is 0 Å². The molecule has 0 heterocycles. The molecular weight excluding hydrogens is 217 g/mol. The third kappa shape index (κ3) is 4.84. The van der Waals surface area contributed by atoms with Crippen LogP contribution in [0.5, 0.6) is 0 Å². The fraction of sp³-hybridized carbons (Fsp3) is 0.571. The number of aryl methyl sites for hydroxylation is 1. The Morgan fingerprint density at radius 2 is 2.06 bits per heavy atom. The number of halogens is 1. The minimum Gasteiger partial charge on any atom is -0.396 e. The van der Waals surface area contributed by atoms with Crippen LogP contribution in [0.4, 0.5) is 4.39 Å². The summed E-state index contributed by atoms with van der Waals surface area (Å²) in [6.45, 7) is 4.97. The maximum atomic E-state index is 13.4. The molecule has 96 valence electrons. The zero-order valence-electron chi connectivity index (χ0n) is 10.7. The van der Waals surface area contributed by atoms with Gasteiger partial charge >= 0.3 is 0 Å². The Bertz CT molecular complexity index is 341. The lowest BCUT2D eigenvalue weighted by molar-refractivity contribution is 0.282. The van der Waals surface area contributed by atoms with Gasteiger partial charge in [-0.3, -0.25) is 0 Å². The monoisotopic (exact) mass is 239 g/mol. The fourth-order valence-electron chi connectivity index (χ4n) is 1.73. The second kappa shape index (κ2) is 7.41. The average molecular weight is 239 g/mol. The fourth-order valence-corrected chi connectivity index (χ4v) is 1.73. The zero-order valence-corrected chi connectivity index (χ0v) is 10.7. The average Bonchev–Trinajstić information content (AvgIpc) is 2.32. The van der Waals surface area contributed by atoms with Gasteiger partial charge in [0.2, 0.25) is 0 Å². The van der Waals surface area contributed by atoms with Gasteiger partial charge < -0.3 is 10.4 Å². The van der Waals surface area contributed by atoms with Gasteiger partial charge in [-0.1, -0.05) is 12.1 Å². The summed E-state index contributed by atoms with van der Waals surface area (Å²) in [7, 11) is 0. The van der Waals surface area contributed by atoms with E-state index in [-0.39, 0.29) is 18.5 Å². The van der Waals surface area contributed by atoms with E-state index in [0.29, 0.717) is 5.56 Å². The maximum absolute atomic E-state index is 13.4. The maximum Gasteiger partial charge on any atom is 0.126 e. The summed E-state index contributed by atoms with van der Waals surface area (Å²) in [6.07, 6.45) is 2.92. The molecule has 1 aromatic rings. The molecule has 1 unspecified atom stereocenters. The van der Waals surface area contributed by atoms with Crippen molar-refractivity contribution in [3.8, 4) is 0 Å². The van der Waals surface area contributed by atoms with Crippen molar-refractivity contribution < 1.29 is 9.50 Å². The van der Waals surface area contributed by atoms with Crippen LogP contribution in [0.3, 0.4) is 0 Å². The van der Waals surface area contributed by atoms with E-state index in [9.17, 15) is 4.39 Å². The molecule has 1 atom stereocenters. The SMILES string of the molecule is Cc1ccc(C(C)NCCCCCO)cc1F. The van der Waals surface area contributed by atoms with Crippen molar-refractivity contribution in [1.82, 2.24) is 5.32 Å². The van der Waals surface area contributed by atoms with Crippen LogP contribution in [0, 0.1) is 12.7 Å². The van der Waals surface area contributed by atoms with Gasteiger partial charge in [0, 0.05) is 12.6 Å². The molecule has 0 fully saturated rings. The van der Waals surface area contributed by atoms with Crippen LogP contribution in [-0.2, 0) is 0 Å². The number of nitrogens with one attached hydrogen (secondary N) is 1. The highest BCUT2D eigenvalue weighted by atomic mass is 19.1. The lowest BCUT2D eigenvalue weighted by atomic mass is 10.1. The number of rotatable bonds is 7. The highest BCUT2D eigenvalue weighted by molar-refractivity contribution is 5.25. The van der Waals surface area contributed by atoms with Gasteiger partial charge in [0.1, 0.15) is 5.82 Å². The summed E-state index contributed by atoms with van der Waals surface area (Å²) in [4.78, 5) is 0. The van der Waals surface area contributed by atoms with Crippen molar-refractivity contribution in [1.29, 1.82) is 0 Å². The largest absolute Gasteiger partial charge is 0.396 e. The van der Waals surface area contributed by atoms with Gasteiger partial charge in [0.05, 0.1) is 0 Å². The lowest BCUT2D eigenvalue weighted by Crippen LogP contribution is -2.20. The van der Waals surface area contributed by atoms with Crippen molar-refractivity contribution in [2.75, 3.05) is 13.2 Å². The normalized spacial score (nSPS) is 12.7. The number of aliphatic hydroxyl groups is 1. The summed E-state index contributed by atoms with van der Waals surface area (Å²) < 4.78 is 13.4. The lowest BCUT2D eigenvalue weighted by Gasteiger charge is -2.14. The van der Waals surface area contributed by atoms with Gasteiger partial charge in [-0.2, -0.15) is 0 Å². The molecule has 2 nitrogen and oxygen atoms in total. The molecule has 17 heavy (non-hydrogen) atoms. The van der Waals surface area contributed by atoms with Gasteiger partial charge in [-0.15, -0.1) is 0 Å².